The third kappa shape index (κ3) is 7.29. The summed E-state index contributed by atoms with van der Waals surface area (Å²) in [6, 6.07) is -0.985. The molecule has 6 heteroatoms. The predicted octanol–water partition coefficient (Wildman–Crippen LogP) is -4.83. The van der Waals surface area contributed by atoms with Crippen molar-refractivity contribution in [1.82, 2.24) is 5.32 Å². The van der Waals surface area contributed by atoms with E-state index >= 15 is 0 Å². The van der Waals surface area contributed by atoms with Crippen molar-refractivity contribution in [3.05, 3.63) is 0 Å². The van der Waals surface area contributed by atoms with Gasteiger partial charge in [0.25, 0.3) is 0 Å². The largest absolute Gasteiger partial charge is 1.00 e. The zero-order chi connectivity index (χ0) is 8.15. The molecule has 1 unspecified atom stereocenters. The van der Waals surface area contributed by atoms with Gasteiger partial charge in [0.05, 0.1) is 12.0 Å². The SMILES string of the molecule is CC(=O)NC(CS)C(=O)[O-].[K+]. The fraction of sp³-hybridized carbons (Fsp3) is 0.600. The maximum absolute atomic E-state index is 10.3. The van der Waals surface area contributed by atoms with Crippen molar-refractivity contribution in [1.29, 1.82) is 0 Å². The van der Waals surface area contributed by atoms with Crippen molar-refractivity contribution in [3.8, 4) is 0 Å². The van der Waals surface area contributed by atoms with Crippen LogP contribution in [-0.4, -0.2) is 23.7 Å². The van der Waals surface area contributed by atoms with Crippen molar-refractivity contribution < 1.29 is 66.1 Å². The van der Waals surface area contributed by atoms with E-state index in [0.717, 1.165) is 0 Å². The van der Waals surface area contributed by atoms with E-state index in [9.17, 15) is 14.7 Å². The van der Waals surface area contributed by atoms with Gasteiger partial charge in [-0.3, -0.25) is 4.79 Å². The van der Waals surface area contributed by atoms with E-state index in [1.807, 2.05) is 0 Å². The summed E-state index contributed by atoms with van der Waals surface area (Å²) >= 11 is 3.69. The Morgan fingerprint density at radius 3 is 2.18 bits per heavy atom. The molecule has 0 aliphatic carbocycles. The third-order valence-corrected chi connectivity index (χ3v) is 1.21. The van der Waals surface area contributed by atoms with Crippen LogP contribution in [-0.2, 0) is 9.59 Å². The molecule has 1 amide bonds. The van der Waals surface area contributed by atoms with E-state index in [0.29, 0.717) is 0 Å². The maximum Gasteiger partial charge on any atom is 1.00 e. The summed E-state index contributed by atoms with van der Waals surface area (Å²) in [6.45, 7) is 1.24. The molecule has 4 nitrogen and oxygen atoms in total. The summed E-state index contributed by atoms with van der Waals surface area (Å²) in [5.41, 5.74) is 0. The second-order valence-electron chi connectivity index (χ2n) is 1.75. The van der Waals surface area contributed by atoms with Gasteiger partial charge in [-0.15, -0.1) is 0 Å². The molecule has 0 fully saturated rings. The zero-order valence-electron chi connectivity index (χ0n) is 6.46. The van der Waals surface area contributed by atoms with Crippen LogP contribution in [0.2, 0.25) is 0 Å². The Bertz CT molecular complexity index is 153. The fourth-order valence-corrected chi connectivity index (χ4v) is 0.665. The molecule has 0 aromatic rings. The van der Waals surface area contributed by atoms with Gasteiger partial charge < -0.3 is 15.2 Å². The summed E-state index contributed by atoms with van der Waals surface area (Å²) in [4.78, 5) is 20.4. The zero-order valence-corrected chi connectivity index (χ0v) is 10.5. The molecule has 1 atom stereocenters. The number of carboxylic acids is 1. The van der Waals surface area contributed by atoms with Gasteiger partial charge in [0.2, 0.25) is 5.91 Å². The molecule has 0 heterocycles. The van der Waals surface area contributed by atoms with Crippen LogP contribution in [0.1, 0.15) is 6.92 Å². The van der Waals surface area contributed by atoms with Gasteiger partial charge in [0, 0.05) is 12.7 Å². The second kappa shape index (κ2) is 7.57. The number of thiol groups is 1. The third-order valence-electron chi connectivity index (χ3n) is 0.845. The average Bonchev–Trinajstić information content (AvgIpc) is 1.81. The molecule has 0 aromatic carbocycles. The fourth-order valence-electron chi connectivity index (χ4n) is 0.424. The van der Waals surface area contributed by atoms with Crippen LogP contribution in [0.5, 0.6) is 0 Å². The van der Waals surface area contributed by atoms with Crippen molar-refractivity contribution in [2.24, 2.45) is 0 Å². The minimum Gasteiger partial charge on any atom is -0.548 e. The average molecular weight is 201 g/mol. The number of carboxylic acid groups (broad SMARTS) is 1. The number of rotatable bonds is 3. The normalized spacial score (nSPS) is 11.1. The Morgan fingerprint density at radius 2 is 2.09 bits per heavy atom. The van der Waals surface area contributed by atoms with Crippen molar-refractivity contribution >= 4 is 24.5 Å². The molecule has 0 aliphatic rings. The monoisotopic (exact) mass is 201 g/mol. The van der Waals surface area contributed by atoms with Gasteiger partial charge in [0.1, 0.15) is 0 Å². The molecule has 0 aromatic heterocycles. The summed E-state index contributed by atoms with van der Waals surface area (Å²) in [5.74, 6) is -1.67. The summed E-state index contributed by atoms with van der Waals surface area (Å²) in [6.07, 6.45) is 0. The van der Waals surface area contributed by atoms with E-state index in [2.05, 4.69) is 17.9 Å². The van der Waals surface area contributed by atoms with E-state index in [1.165, 1.54) is 6.92 Å². The molecule has 1 N–H and O–H groups in total. The van der Waals surface area contributed by atoms with Crippen LogP contribution in [0, 0.1) is 0 Å². The second-order valence-corrected chi connectivity index (χ2v) is 2.12. The number of hydrogen-bond donors (Lipinski definition) is 2. The van der Waals surface area contributed by atoms with E-state index < -0.39 is 17.9 Å². The van der Waals surface area contributed by atoms with Crippen LogP contribution in [0.25, 0.3) is 0 Å². The van der Waals surface area contributed by atoms with Crippen LogP contribution in [0.15, 0.2) is 0 Å². The first-order chi connectivity index (χ1) is 4.57. The number of carbonyl (C=O) groups is 2. The first-order valence-corrected chi connectivity index (χ1v) is 3.30. The number of hydrogen-bond acceptors (Lipinski definition) is 4. The van der Waals surface area contributed by atoms with E-state index in [4.69, 9.17) is 0 Å². The Hall–Kier alpha value is 0.926. The molecule has 0 aliphatic heterocycles. The summed E-state index contributed by atoms with van der Waals surface area (Å²) < 4.78 is 0. The Kier molecular flexibility index (Phi) is 9.94. The van der Waals surface area contributed by atoms with Gasteiger partial charge in [-0.2, -0.15) is 12.6 Å². The smallest absolute Gasteiger partial charge is 0.548 e. The Morgan fingerprint density at radius 1 is 1.64 bits per heavy atom. The van der Waals surface area contributed by atoms with E-state index in [1.54, 1.807) is 0 Å². The molecule has 58 valence electrons. The standard InChI is InChI=1S/C5H9NO3S.K/c1-3(7)6-4(2-10)5(8)9;/h4,10H,2H2,1H3,(H,6,7)(H,8,9);/q;+1/p-1. The van der Waals surface area contributed by atoms with Crippen molar-refractivity contribution in [2.45, 2.75) is 13.0 Å². The molecule has 11 heavy (non-hydrogen) atoms. The first-order valence-electron chi connectivity index (χ1n) is 2.66. The van der Waals surface area contributed by atoms with Crippen molar-refractivity contribution in [2.75, 3.05) is 5.75 Å². The van der Waals surface area contributed by atoms with E-state index in [-0.39, 0.29) is 57.1 Å². The Labute approximate surface area is 113 Å². The molecule has 0 rings (SSSR count). The summed E-state index contributed by atoms with van der Waals surface area (Å²) in [7, 11) is 0. The van der Waals surface area contributed by atoms with Crippen LogP contribution in [0.3, 0.4) is 0 Å². The topological polar surface area (TPSA) is 69.2 Å². The van der Waals surface area contributed by atoms with Crippen LogP contribution >= 0.6 is 12.6 Å². The molecule has 0 bridgehead atoms. The summed E-state index contributed by atoms with van der Waals surface area (Å²) in [5, 5.41) is 12.2. The number of nitrogens with one attached hydrogen (secondary N) is 1. The van der Waals surface area contributed by atoms with Gasteiger partial charge in [0.15, 0.2) is 0 Å². The van der Waals surface area contributed by atoms with Crippen LogP contribution < -0.4 is 61.8 Å². The van der Waals surface area contributed by atoms with Crippen LogP contribution in [0.4, 0.5) is 0 Å². The number of aliphatic carboxylic acids is 1. The first kappa shape index (κ1) is 14.5. The van der Waals surface area contributed by atoms with Gasteiger partial charge >= 0.3 is 51.4 Å². The molecule has 0 saturated heterocycles. The maximum atomic E-state index is 10.3. The molecular formula is C5H8KNO3S. The molecular weight excluding hydrogens is 193 g/mol. The van der Waals surface area contributed by atoms with Gasteiger partial charge in [-0.05, 0) is 0 Å². The molecule has 0 saturated carbocycles. The van der Waals surface area contributed by atoms with Gasteiger partial charge in [-0.1, -0.05) is 0 Å². The minimum absolute atomic E-state index is 0. The Balaban J connectivity index is 0. The van der Waals surface area contributed by atoms with Gasteiger partial charge in [-0.25, -0.2) is 0 Å². The quantitative estimate of drug-likeness (QED) is 0.355. The predicted molar refractivity (Wildman–Crippen MR) is 36.5 cm³/mol. The molecule has 0 spiro atoms. The van der Waals surface area contributed by atoms with Crippen molar-refractivity contribution in [3.63, 3.8) is 0 Å². The number of carbonyl (C=O) groups excluding carboxylic acids is 2. The number of amides is 1. The molecule has 0 radical (unpaired) electrons. The minimum atomic E-state index is -1.31.